The van der Waals surface area contributed by atoms with E-state index in [0.29, 0.717) is 19.7 Å². The van der Waals surface area contributed by atoms with Crippen molar-refractivity contribution in [1.29, 1.82) is 0 Å². The van der Waals surface area contributed by atoms with Gasteiger partial charge >= 0.3 is 0 Å². The van der Waals surface area contributed by atoms with Gasteiger partial charge in [-0.3, -0.25) is 14.9 Å². The monoisotopic (exact) mass is 480 g/mol. The number of nitro groups is 1. The van der Waals surface area contributed by atoms with Crippen LogP contribution in [-0.4, -0.2) is 68.2 Å². The summed E-state index contributed by atoms with van der Waals surface area (Å²) in [6.45, 7) is 5.23. The van der Waals surface area contributed by atoms with Crippen LogP contribution in [0.1, 0.15) is 24.2 Å². The quantitative estimate of drug-likeness (QED) is 0.438. The zero-order chi connectivity index (χ0) is 24.3. The van der Waals surface area contributed by atoms with Crippen LogP contribution in [-0.2, 0) is 9.84 Å². The van der Waals surface area contributed by atoms with Crippen molar-refractivity contribution < 1.29 is 27.3 Å². The maximum atomic E-state index is 14.4. The molecule has 3 rings (SSSR count). The van der Waals surface area contributed by atoms with Crippen molar-refractivity contribution in [2.24, 2.45) is 5.92 Å². The van der Waals surface area contributed by atoms with Crippen molar-refractivity contribution in [3.63, 3.8) is 0 Å². The molecule has 33 heavy (non-hydrogen) atoms. The molecule has 0 bridgehead atoms. The summed E-state index contributed by atoms with van der Waals surface area (Å²) in [6, 6.07) is 4.72. The molecule has 2 heterocycles. The minimum atomic E-state index is -3.58. The van der Waals surface area contributed by atoms with Crippen LogP contribution in [0.3, 0.4) is 0 Å². The second kappa shape index (κ2) is 9.69. The molecule has 1 aliphatic rings. The van der Waals surface area contributed by atoms with Gasteiger partial charge in [0.2, 0.25) is 5.88 Å². The van der Waals surface area contributed by atoms with Crippen LogP contribution in [0, 0.1) is 21.8 Å². The second-order valence-corrected chi connectivity index (χ2v) is 10.2. The Bertz CT molecular complexity index is 1160. The number of benzene rings is 1. The number of sulfone groups is 1. The van der Waals surface area contributed by atoms with Gasteiger partial charge in [-0.15, -0.1) is 0 Å². The Morgan fingerprint density at radius 1 is 1.24 bits per heavy atom. The van der Waals surface area contributed by atoms with Crippen LogP contribution in [0.4, 0.5) is 15.8 Å². The Kier molecular flexibility index (Phi) is 7.15. The van der Waals surface area contributed by atoms with Crippen LogP contribution >= 0.6 is 0 Å². The first-order valence-electron chi connectivity index (χ1n) is 10.3. The molecular weight excluding hydrogens is 455 g/mol. The maximum Gasteiger partial charge on any atom is 0.272 e. The van der Waals surface area contributed by atoms with Gasteiger partial charge in [0, 0.05) is 44.7 Å². The van der Waals surface area contributed by atoms with Crippen molar-refractivity contribution in [3.05, 3.63) is 52.0 Å². The van der Waals surface area contributed by atoms with E-state index in [2.05, 4.69) is 4.98 Å². The topological polar surface area (TPSA) is 123 Å². The third-order valence-electron chi connectivity index (χ3n) is 5.09. The molecule has 178 valence electrons. The van der Waals surface area contributed by atoms with Crippen molar-refractivity contribution in [3.8, 4) is 5.88 Å². The predicted molar refractivity (Wildman–Crippen MR) is 119 cm³/mol. The van der Waals surface area contributed by atoms with E-state index < -0.39 is 26.5 Å². The first-order chi connectivity index (χ1) is 15.5. The van der Waals surface area contributed by atoms with Gasteiger partial charge < -0.3 is 14.5 Å². The van der Waals surface area contributed by atoms with Crippen molar-refractivity contribution in [2.75, 3.05) is 43.9 Å². The predicted octanol–water partition coefficient (Wildman–Crippen LogP) is 2.53. The first-order valence-corrected chi connectivity index (χ1v) is 12.2. The molecule has 0 N–H and O–H groups in total. The molecule has 1 fully saturated rings. The average molecular weight is 481 g/mol. The number of carbonyl (C=O) groups is 1. The van der Waals surface area contributed by atoms with E-state index >= 15 is 0 Å². The van der Waals surface area contributed by atoms with E-state index in [-0.39, 0.29) is 46.7 Å². The van der Waals surface area contributed by atoms with Gasteiger partial charge in [0.25, 0.3) is 11.6 Å². The standard InChI is InChI=1S/C21H25FN4O6S/c1-14(2)13-32-20-17(11-16(12-23-20)33(3,30)31)21(27)25-8-6-24(7-9-25)19-5-4-15(26(28)29)10-18(19)22/h4-5,10-12,14H,6-9,13H2,1-3H3. The number of nitrogens with zero attached hydrogens (tertiary/aromatic N) is 4. The molecule has 10 nitrogen and oxygen atoms in total. The second-order valence-electron chi connectivity index (χ2n) is 8.17. The number of halogens is 1. The molecule has 0 atom stereocenters. The van der Waals surface area contributed by atoms with E-state index in [1.807, 2.05) is 13.8 Å². The Morgan fingerprint density at radius 3 is 2.45 bits per heavy atom. The van der Waals surface area contributed by atoms with Gasteiger partial charge in [0.05, 0.1) is 28.2 Å². The van der Waals surface area contributed by atoms with Gasteiger partial charge in [-0.25, -0.2) is 17.8 Å². The van der Waals surface area contributed by atoms with E-state index in [1.54, 1.807) is 4.90 Å². The zero-order valence-corrected chi connectivity index (χ0v) is 19.3. The number of pyridine rings is 1. The fourth-order valence-corrected chi connectivity index (χ4v) is 3.91. The van der Waals surface area contributed by atoms with Crippen LogP contribution in [0.25, 0.3) is 0 Å². The van der Waals surface area contributed by atoms with Crippen LogP contribution in [0.5, 0.6) is 5.88 Å². The number of carbonyl (C=O) groups excluding carboxylic acids is 1. The Labute approximate surface area is 191 Å². The highest BCUT2D eigenvalue weighted by atomic mass is 32.2. The van der Waals surface area contributed by atoms with E-state index in [1.165, 1.54) is 23.1 Å². The lowest BCUT2D eigenvalue weighted by atomic mass is 10.2. The molecule has 0 radical (unpaired) electrons. The summed E-state index contributed by atoms with van der Waals surface area (Å²) in [5.74, 6) is -0.914. The molecule has 0 saturated carbocycles. The number of piperazine rings is 1. The number of rotatable bonds is 7. The lowest BCUT2D eigenvalue weighted by molar-refractivity contribution is -0.385. The molecule has 1 saturated heterocycles. The molecule has 1 amide bonds. The molecule has 0 spiro atoms. The molecule has 12 heteroatoms. The summed E-state index contributed by atoms with van der Waals surface area (Å²) in [6.07, 6.45) is 2.20. The number of ether oxygens (including phenoxy) is 1. The average Bonchev–Trinajstić information content (AvgIpc) is 2.76. The zero-order valence-electron chi connectivity index (χ0n) is 18.5. The number of hydrogen-bond donors (Lipinski definition) is 0. The summed E-state index contributed by atoms with van der Waals surface area (Å²) in [5, 5.41) is 10.8. The number of nitro benzene ring substituents is 1. The van der Waals surface area contributed by atoms with E-state index in [9.17, 15) is 27.7 Å². The highest BCUT2D eigenvalue weighted by Crippen LogP contribution is 2.27. The van der Waals surface area contributed by atoms with Crippen molar-refractivity contribution in [2.45, 2.75) is 18.7 Å². The van der Waals surface area contributed by atoms with Gasteiger partial charge in [0.15, 0.2) is 15.7 Å². The largest absolute Gasteiger partial charge is 0.477 e. The molecule has 0 aliphatic carbocycles. The summed E-state index contributed by atoms with van der Waals surface area (Å²) in [7, 11) is -3.58. The first kappa shape index (κ1) is 24.4. The highest BCUT2D eigenvalue weighted by Gasteiger charge is 2.28. The smallest absolute Gasteiger partial charge is 0.272 e. The third-order valence-corrected chi connectivity index (χ3v) is 6.17. The van der Waals surface area contributed by atoms with E-state index in [4.69, 9.17) is 4.74 Å². The fourth-order valence-electron chi connectivity index (χ4n) is 3.34. The number of anilines is 1. The minimum absolute atomic E-state index is 0.0496. The summed E-state index contributed by atoms with van der Waals surface area (Å²) < 4.78 is 44.0. The lowest BCUT2D eigenvalue weighted by Gasteiger charge is -2.36. The highest BCUT2D eigenvalue weighted by molar-refractivity contribution is 7.90. The van der Waals surface area contributed by atoms with Crippen molar-refractivity contribution >= 4 is 27.1 Å². The van der Waals surface area contributed by atoms with Crippen LogP contribution in [0.15, 0.2) is 35.4 Å². The fraction of sp³-hybridized carbons (Fsp3) is 0.429. The Morgan fingerprint density at radius 2 is 1.91 bits per heavy atom. The number of aromatic nitrogens is 1. The minimum Gasteiger partial charge on any atom is -0.477 e. The Hall–Kier alpha value is -3.28. The normalized spacial score (nSPS) is 14.5. The summed E-state index contributed by atoms with van der Waals surface area (Å²) >= 11 is 0. The molecule has 2 aromatic rings. The third kappa shape index (κ3) is 5.75. The molecule has 1 aromatic carbocycles. The van der Waals surface area contributed by atoms with Gasteiger partial charge in [-0.1, -0.05) is 13.8 Å². The number of non-ortho nitro benzene ring substituents is 1. The maximum absolute atomic E-state index is 14.4. The molecule has 1 aliphatic heterocycles. The number of hydrogen-bond acceptors (Lipinski definition) is 8. The summed E-state index contributed by atoms with van der Waals surface area (Å²) in [5.41, 5.74) is -0.0693. The molecule has 1 aromatic heterocycles. The van der Waals surface area contributed by atoms with E-state index in [0.717, 1.165) is 18.5 Å². The summed E-state index contributed by atoms with van der Waals surface area (Å²) in [4.78, 5) is 30.6. The lowest BCUT2D eigenvalue weighted by Crippen LogP contribution is -2.49. The van der Waals surface area contributed by atoms with Gasteiger partial charge in [0.1, 0.15) is 5.56 Å². The molecular formula is C21H25FN4O6S. The Balaban J connectivity index is 1.79. The van der Waals surface area contributed by atoms with Crippen LogP contribution in [0.2, 0.25) is 0 Å². The van der Waals surface area contributed by atoms with Crippen molar-refractivity contribution in [1.82, 2.24) is 9.88 Å². The van der Waals surface area contributed by atoms with Crippen LogP contribution < -0.4 is 9.64 Å². The SMILES string of the molecule is CC(C)COc1ncc(S(C)(=O)=O)cc1C(=O)N1CCN(c2ccc([N+](=O)[O-])cc2F)CC1. The molecule has 0 unspecified atom stereocenters. The van der Waals surface area contributed by atoms with Gasteiger partial charge in [-0.05, 0) is 18.1 Å². The van der Waals surface area contributed by atoms with Gasteiger partial charge in [-0.2, -0.15) is 0 Å². The number of amides is 1.